The number of carbonyl (C=O) groups excluding carboxylic acids is 5. The van der Waals surface area contributed by atoms with E-state index in [9.17, 15) is 29.1 Å². The number of anilines is 2. The number of β-amino-alcohol motifs (C(OH)–C–C–N with tert-alkyl or cyclic N) is 1. The Hall–Kier alpha value is -7.06. The number of hydrogen-bond donors (Lipinski definition) is 5. The van der Waals surface area contributed by atoms with Gasteiger partial charge in [-0.3, -0.25) is 33.5 Å². The number of aryl methyl sites for hydroxylation is 1. The molecular weight excluding hydrogens is 940 g/mol. The van der Waals surface area contributed by atoms with Crippen LogP contribution >= 0.6 is 11.3 Å². The predicted octanol–water partition coefficient (Wildman–Crippen LogP) is 6.36. The average Bonchev–Trinajstić information content (AvgIpc) is 3.68. The van der Waals surface area contributed by atoms with Gasteiger partial charge in [0.1, 0.15) is 17.9 Å². The zero-order valence-corrected chi connectivity index (χ0v) is 41.8. The first-order valence-electron chi connectivity index (χ1n) is 24.7. The number of imidazole rings is 1. The maximum atomic E-state index is 15.7. The van der Waals surface area contributed by atoms with Gasteiger partial charge in [0.05, 0.1) is 51.7 Å². The third kappa shape index (κ3) is 11.3. The fraction of sp³-hybridized carbons (Fsp3) is 0.442. The van der Waals surface area contributed by atoms with Crippen LogP contribution in [0.5, 0.6) is 0 Å². The second-order valence-electron chi connectivity index (χ2n) is 20.1. The largest absolute Gasteiger partial charge is 0.391 e. The number of halogens is 1. The van der Waals surface area contributed by atoms with Crippen LogP contribution in [-0.2, 0) is 25.7 Å². The monoisotopic (exact) mass is 1000 g/mol. The minimum Gasteiger partial charge on any atom is -0.391 e. The fourth-order valence-corrected chi connectivity index (χ4v) is 10.2. The molecule has 3 atom stereocenters. The first kappa shape index (κ1) is 49.9. The van der Waals surface area contributed by atoms with Gasteiger partial charge in [-0.1, -0.05) is 51.5 Å². The molecule has 2 aromatic carbocycles. The molecule has 0 spiro atoms. The van der Waals surface area contributed by atoms with Gasteiger partial charge in [-0.05, 0) is 67.3 Å². The van der Waals surface area contributed by atoms with E-state index in [1.54, 1.807) is 45.8 Å². The Morgan fingerprint density at radius 1 is 0.931 bits per heavy atom. The second kappa shape index (κ2) is 21.3. The van der Waals surface area contributed by atoms with Crippen LogP contribution in [0.2, 0.25) is 0 Å². The van der Waals surface area contributed by atoms with Gasteiger partial charge >= 0.3 is 0 Å². The van der Waals surface area contributed by atoms with Crippen molar-refractivity contribution in [3.05, 3.63) is 101 Å². The number of rotatable bonds is 17. The van der Waals surface area contributed by atoms with Crippen molar-refractivity contribution in [3.63, 3.8) is 0 Å². The molecule has 0 bridgehead atoms. The summed E-state index contributed by atoms with van der Waals surface area (Å²) in [5, 5.41) is 26.5. The third-order valence-corrected chi connectivity index (χ3v) is 14.7. The van der Waals surface area contributed by atoms with E-state index in [-0.39, 0.29) is 67.2 Å². The quantitative estimate of drug-likeness (QED) is 0.0633. The summed E-state index contributed by atoms with van der Waals surface area (Å²) in [6.07, 6.45) is 10.6. The number of aromatic amines is 1. The number of benzene rings is 2. The fourth-order valence-electron chi connectivity index (χ4n) is 9.40. The van der Waals surface area contributed by atoms with Gasteiger partial charge in [-0.15, -0.1) is 11.3 Å². The molecule has 5 amide bonds. The molecule has 1 saturated carbocycles. The van der Waals surface area contributed by atoms with Crippen LogP contribution in [0.3, 0.4) is 0 Å². The molecule has 5 N–H and O–H groups in total. The maximum Gasteiger partial charge on any atom is 0.254 e. The Kier molecular flexibility index (Phi) is 14.8. The molecule has 378 valence electrons. The lowest BCUT2D eigenvalue weighted by molar-refractivity contribution is -0.144. The number of aliphatic hydroxyl groups excluding tert-OH is 1. The molecule has 4 aromatic heterocycles. The molecule has 0 radical (unpaired) electrons. The summed E-state index contributed by atoms with van der Waals surface area (Å²) < 4.78 is 17.6. The van der Waals surface area contributed by atoms with Gasteiger partial charge in [0.15, 0.2) is 11.5 Å². The molecule has 18 nitrogen and oxygen atoms in total. The minimum atomic E-state index is -0.939. The molecule has 20 heteroatoms. The lowest BCUT2D eigenvalue weighted by atomic mass is 9.85. The lowest BCUT2D eigenvalue weighted by Crippen LogP contribution is -2.57. The zero-order chi connectivity index (χ0) is 50.7. The van der Waals surface area contributed by atoms with Crippen LogP contribution in [-0.4, -0.2) is 130 Å². The van der Waals surface area contributed by atoms with Crippen LogP contribution in [0, 0.1) is 18.2 Å². The molecule has 72 heavy (non-hydrogen) atoms. The zero-order valence-electron chi connectivity index (χ0n) is 41.0. The van der Waals surface area contributed by atoms with Crippen molar-refractivity contribution >= 4 is 58.0 Å². The van der Waals surface area contributed by atoms with E-state index >= 15 is 4.39 Å². The van der Waals surface area contributed by atoms with Gasteiger partial charge in [0.2, 0.25) is 23.6 Å². The number of H-pyrrole nitrogens is 1. The number of nitrogens with zero attached hydrogens (tertiary/aromatic N) is 8. The Balaban J connectivity index is 0.703. The highest BCUT2D eigenvalue weighted by molar-refractivity contribution is 7.13. The lowest BCUT2D eigenvalue weighted by Gasteiger charge is -2.35. The maximum absolute atomic E-state index is 15.7. The van der Waals surface area contributed by atoms with Crippen molar-refractivity contribution in [2.24, 2.45) is 5.41 Å². The van der Waals surface area contributed by atoms with Crippen LogP contribution in [0.15, 0.2) is 72.8 Å². The highest BCUT2D eigenvalue weighted by Crippen LogP contribution is 2.41. The minimum absolute atomic E-state index is 0.0192. The first-order valence-corrected chi connectivity index (χ1v) is 25.5. The number of aromatic nitrogens is 6. The SMILES string of the molecule is Cc1ncsc1-c1ccc(CNC(=O)[C@@H]2C[C@@H](O)CN2C(=O)[C@@H](NC(=O)CCCCCC(=O)N2CCN(C(=O)c3ccc(Nc4nc(C5CC5)cn5c(-c6cn[nH]c6)cnc45)c(F)c3)CC2)C(C)(C)C)cc1. The van der Waals surface area contributed by atoms with Crippen molar-refractivity contribution in [2.45, 2.75) is 110 Å². The number of likely N-dealkylation sites (tertiary alicyclic amines) is 1. The molecule has 6 aromatic rings. The van der Waals surface area contributed by atoms with E-state index in [4.69, 9.17) is 4.98 Å². The number of amides is 5. The molecule has 1 aliphatic carbocycles. The summed E-state index contributed by atoms with van der Waals surface area (Å²) in [6, 6.07) is 10.4. The van der Waals surface area contributed by atoms with E-state index in [1.807, 2.05) is 68.1 Å². The molecular formula is C52H61FN12O6S. The van der Waals surface area contributed by atoms with E-state index < -0.39 is 35.3 Å². The molecule has 9 rings (SSSR count). The van der Waals surface area contributed by atoms with Crippen molar-refractivity contribution < 1.29 is 33.5 Å². The molecule has 2 saturated heterocycles. The van der Waals surface area contributed by atoms with E-state index in [0.29, 0.717) is 62.8 Å². The van der Waals surface area contributed by atoms with E-state index in [1.165, 1.54) is 17.0 Å². The standard InChI is InChI=1S/C52H61FN12O6S/c1-31-45(72-30-56-31)34-12-10-32(11-13-34)24-55-49(69)41-23-37(66)28-65(41)51(71)46(52(2,3)4)61-43(67)8-6-5-7-9-44(68)62-18-20-63(21-19-62)50(70)35-16-17-39(38(53)22-35)59-47-48-54-27-42(36-25-57-58-26-36)64(48)29-40(60-47)33-14-15-33/h10-13,16-17,22,25-27,29-30,33,37,41,46,66H,5-9,14-15,18-21,23-24,28H2,1-4H3,(H,55,69)(H,57,58)(H,59,60)(H,61,67)/t37-,41+,46-/m1/s1. The number of carbonyl (C=O) groups is 5. The number of unbranched alkanes of at least 4 members (excludes halogenated alkanes) is 2. The highest BCUT2D eigenvalue weighted by Gasteiger charge is 2.44. The Bertz CT molecular complexity index is 2940. The van der Waals surface area contributed by atoms with Crippen molar-refractivity contribution in [1.29, 1.82) is 0 Å². The second-order valence-corrected chi connectivity index (χ2v) is 21.0. The van der Waals surface area contributed by atoms with Crippen molar-refractivity contribution in [1.82, 2.24) is 54.9 Å². The molecule has 2 aliphatic heterocycles. The summed E-state index contributed by atoms with van der Waals surface area (Å²) in [7, 11) is 0. The summed E-state index contributed by atoms with van der Waals surface area (Å²) in [5.41, 5.74) is 7.46. The number of thiazole rings is 1. The number of fused-ring (bicyclic) bond motifs is 1. The number of hydrogen-bond acceptors (Lipinski definition) is 12. The van der Waals surface area contributed by atoms with E-state index in [0.717, 1.165) is 51.5 Å². The molecule has 3 fully saturated rings. The van der Waals surface area contributed by atoms with Crippen molar-refractivity contribution in [2.75, 3.05) is 38.0 Å². The number of piperazine rings is 1. The van der Waals surface area contributed by atoms with E-state index in [2.05, 4.69) is 36.1 Å². The first-order chi connectivity index (χ1) is 34.6. The molecule has 0 unspecified atom stereocenters. The van der Waals surface area contributed by atoms with Crippen LogP contribution in [0.25, 0.3) is 27.3 Å². The van der Waals surface area contributed by atoms with Gasteiger partial charge in [-0.25, -0.2) is 19.3 Å². The Labute approximate surface area is 420 Å². The highest BCUT2D eigenvalue weighted by atomic mass is 32.1. The van der Waals surface area contributed by atoms with Gasteiger partial charge in [0.25, 0.3) is 5.91 Å². The number of nitrogens with one attached hydrogen (secondary N) is 4. The summed E-state index contributed by atoms with van der Waals surface area (Å²) in [6.45, 7) is 9.03. The Morgan fingerprint density at radius 2 is 1.68 bits per heavy atom. The summed E-state index contributed by atoms with van der Waals surface area (Å²) in [4.78, 5) is 87.1. The van der Waals surface area contributed by atoms with Crippen LogP contribution in [0.4, 0.5) is 15.9 Å². The van der Waals surface area contributed by atoms with Gasteiger partial charge in [-0.2, -0.15) is 5.10 Å². The van der Waals surface area contributed by atoms with Gasteiger partial charge < -0.3 is 35.8 Å². The topological polar surface area (TPSA) is 223 Å². The smallest absolute Gasteiger partial charge is 0.254 e. The van der Waals surface area contributed by atoms with Crippen LogP contribution < -0.4 is 16.0 Å². The predicted molar refractivity (Wildman–Crippen MR) is 269 cm³/mol. The Morgan fingerprint density at radius 3 is 2.36 bits per heavy atom. The van der Waals surface area contributed by atoms with Gasteiger partial charge in [0, 0.05) is 88.0 Å². The van der Waals surface area contributed by atoms with Crippen LogP contribution in [0.1, 0.15) is 105 Å². The summed E-state index contributed by atoms with van der Waals surface area (Å²) >= 11 is 1.57. The third-order valence-electron chi connectivity index (χ3n) is 13.7. The normalized spacial score (nSPS) is 17.6. The van der Waals surface area contributed by atoms with Crippen molar-refractivity contribution in [3.8, 4) is 21.7 Å². The summed E-state index contributed by atoms with van der Waals surface area (Å²) in [5.74, 6) is -1.35. The molecule has 3 aliphatic rings. The molecule has 6 heterocycles. The number of aliphatic hydroxyl groups is 1. The average molecular weight is 1000 g/mol.